The zero-order chi connectivity index (χ0) is 16.3. The van der Waals surface area contributed by atoms with Gasteiger partial charge in [-0.3, -0.25) is 4.79 Å². The first-order valence-corrected chi connectivity index (χ1v) is 9.64. The summed E-state index contributed by atoms with van der Waals surface area (Å²) in [6.45, 7) is 2.27. The zero-order valence-corrected chi connectivity index (χ0v) is 13.9. The highest BCUT2D eigenvalue weighted by Gasteiger charge is 2.25. The summed E-state index contributed by atoms with van der Waals surface area (Å²) in [7, 11) is -3.54. The highest BCUT2D eigenvalue weighted by Crippen LogP contribution is 2.28. The standard InChI is InChI=1S/C16H23N3O3S/c20-16(19-14-6-8-17-9-7-14)13-2-1-3-15(10-13)23(21,22)18-11-12-4-5-12/h1-3,10,12,14,17-18H,4-9,11H2,(H,19,20). The van der Waals surface area contributed by atoms with Crippen molar-refractivity contribution < 1.29 is 13.2 Å². The molecule has 7 heteroatoms. The fourth-order valence-electron chi connectivity index (χ4n) is 2.67. The molecule has 1 aliphatic heterocycles. The maximum atomic E-state index is 12.3. The van der Waals surface area contributed by atoms with Crippen LogP contribution in [0.15, 0.2) is 29.2 Å². The van der Waals surface area contributed by atoms with E-state index in [-0.39, 0.29) is 16.8 Å². The van der Waals surface area contributed by atoms with Crippen molar-refractivity contribution in [3.8, 4) is 0 Å². The maximum absolute atomic E-state index is 12.3. The molecule has 1 heterocycles. The van der Waals surface area contributed by atoms with Crippen LogP contribution in [-0.2, 0) is 10.0 Å². The molecule has 23 heavy (non-hydrogen) atoms. The molecule has 2 fully saturated rings. The molecule has 2 aliphatic rings. The first-order valence-electron chi connectivity index (χ1n) is 8.16. The van der Waals surface area contributed by atoms with Crippen LogP contribution in [0.3, 0.4) is 0 Å². The van der Waals surface area contributed by atoms with Crippen LogP contribution in [-0.4, -0.2) is 40.0 Å². The largest absolute Gasteiger partial charge is 0.349 e. The van der Waals surface area contributed by atoms with Gasteiger partial charge in [-0.2, -0.15) is 0 Å². The van der Waals surface area contributed by atoms with Crippen LogP contribution in [0.5, 0.6) is 0 Å². The fraction of sp³-hybridized carbons (Fsp3) is 0.562. The minimum atomic E-state index is -3.54. The van der Waals surface area contributed by atoms with Crippen molar-refractivity contribution in [1.29, 1.82) is 0 Å². The molecule has 0 unspecified atom stereocenters. The molecule has 1 aromatic rings. The number of piperidine rings is 1. The monoisotopic (exact) mass is 337 g/mol. The molecule has 1 aliphatic carbocycles. The van der Waals surface area contributed by atoms with E-state index in [4.69, 9.17) is 0 Å². The third-order valence-electron chi connectivity index (χ3n) is 4.34. The number of benzene rings is 1. The van der Waals surface area contributed by atoms with Gasteiger partial charge < -0.3 is 10.6 Å². The van der Waals surface area contributed by atoms with Gasteiger partial charge >= 0.3 is 0 Å². The van der Waals surface area contributed by atoms with Crippen LogP contribution < -0.4 is 15.4 Å². The SMILES string of the molecule is O=C(NC1CCNCC1)c1cccc(S(=O)(=O)NCC2CC2)c1. The Morgan fingerprint density at radius 3 is 2.61 bits per heavy atom. The van der Waals surface area contributed by atoms with Crippen LogP contribution in [0, 0.1) is 5.92 Å². The van der Waals surface area contributed by atoms with E-state index in [9.17, 15) is 13.2 Å². The van der Waals surface area contributed by atoms with E-state index in [1.165, 1.54) is 12.1 Å². The number of carbonyl (C=O) groups excluding carboxylic acids is 1. The summed E-state index contributed by atoms with van der Waals surface area (Å²) in [5.41, 5.74) is 0.387. The second-order valence-electron chi connectivity index (χ2n) is 6.32. The fourth-order valence-corrected chi connectivity index (χ4v) is 3.83. The van der Waals surface area contributed by atoms with Crippen LogP contribution in [0.4, 0.5) is 0 Å². The van der Waals surface area contributed by atoms with Crippen LogP contribution in [0.1, 0.15) is 36.0 Å². The van der Waals surface area contributed by atoms with E-state index in [0.29, 0.717) is 18.0 Å². The average Bonchev–Trinajstić information content (AvgIpc) is 3.38. The smallest absolute Gasteiger partial charge is 0.251 e. The third kappa shape index (κ3) is 4.53. The van der Waals surface area contributed by atoms with Gasteiger partial charge in [0.1, 0.15) is 0 Å². The van der Waals surface area contributed by atoms with Crippen molar-refractivity contribution >= 4 is 15.9 Å². The van der Waals surface area contributed by atoms with Gasteiger partial charge in [-0.15, -0.1) is 0 Å². The molecule has 1 aromatic carbocycles. The molecule has 0 aromatic heterocycles. The first kappa shape index (κ1) is 16.4. The Hall–Kier alpha value is -1.44. The first-order chi connectivity index (χ1) is 11.0. The van der Waals surface area contributed by atoms with Gasteiger partial charge in [0.25, 0.3) is 5.91 Å². The number of nitrogens with one attached hydrogen (secondary N) is 3. The Bertz CT molecular complexity index is 665. The second-order valence-corrected chi connectivity index (χ2v) is 8.09. The van der Waals surface area contributed by atoms with Crippen molar-refractivity contribution in [2.24, 2.45) is 5.92 Å². The van der Waals surface area contributed by atoms with E-state index in [0.717, 1.165) is 38.8 Å². The summed E-state index contributed by atoms with van der Waals surface area (Å²) in [5, 5.41) is 6.23. The van der Waals surface area contributed by atoms with E-state index < -0.39 is 10.0 Å². The summed E-state index contributed by atoms with van der Waals surface area (Å²) in [5.74, 6) is 0.257. The Morgan fingerprint density at radius 2 is 1.91 bits per heavy atom. The molecule has 3 N–H and O–H groups in total. The molecule has 6 nitrogen and oxygen atoms in total. The Morgan fingerprint density at radius 1 is 1.17 bits per heavy atom. The number of rotatable bonds is 6. The summed E-state index contributed by atoms with van der Waals surface area (Å²) in [6, 6.07) is 6.39. The molecule has 3 rings (SSSR count). The third-order valence-corrected chi connectivity index (χ3v) is 5.76. The van der Waals surface area contributed by atoms with Crippen molar-refractivity contribution in [3.05, 3.63) is 29.8 Å². The molecule has 0 radical (unpaired) electrons. The van der Waals surface area contributed by atoms with Crippen LogP contribution >= 0.6 is 0 Å². The van der Waals surface area contributed by atoms with Gasteiger partial charge in [0.2, 0.25) is 10.0 Å². The Balaban J connectivity index is 1.66. The van der Waals surface area contributed by atoms with Crippen LogP contribution in [0.2, 0.25) is 0 Å². The summed E-state index contributed by atoms with van der Waals surface area (Å²) >= 11 is 0. The van der Waals surface area contributed by atoms with Gasteiger partial charge in [0.15, 0.2) is 0 Å². The number of hydrogen-bond acceptors (Lipinski definition) is 4. The predicted octanol–water partition coefficient (Wildman–Crippen LogP) is 0.857. The lowest BCUT2D eigenvalue weighted by molar-refractivity contribution is 0.0929. The number of amides is 1. The lowest BCUT2D eigenvalue weighted by Crippen LogP contribution is -2.42. The van der Waals surface area contributed by atoms with E-state index >= 15 is 0 Å². The molecule has 126 valence electrons. The summed E-state index contributed by atoms with van der Waals surface area (Å²) < 4.78 is 27.2. The van der Waals surface area contributed by atoms with Gasteiger partial charge in [-0.25, -0.2) is 13.1 Å². The minimum Gasteiger partial charge on any atom is -0.349 e. The van der Waals surface area contributed by atoms with E-state index in [1.807, 2.05) is 0 Å². The quantitative estimate of drug-likeness (QED) is 0.718. The van der Waals surface area contributed by atoms with Crippen LogP contribution in [0.25, 0.3) is 0 Å². The van der Waals surface area contributed by atoms with E-state index in [2.05, 4.69) is 15.4 Å². The number of carbonyl (C=O) groups is 1. The highest BCUT2D eigenvalue weighted by molar-refractivity contribution is 7.89. The molecule has 1 saturated heterocycles. The summed E-state index contributed by atoms with van der Waals surface area (Å²) in [6.07, 6.45) is 3.96. The van der Waals surface area contributed by atoms with E-state index in [1.54, 1.807) is 12.1 Å². The molecule has 0 atom stereocenters. The van der Waals surface area contributed by atoms with Crippen molar-refractivity contribution in [1.82, 2.24) is 15.4 Å². The highest BCUT2D eigenvalue weighted by atomic mass is 32.2. The molecule has 0 spiro atoms. The van der Waals surface area contributed by atoms with Crippen molar-refractivity contribution in [3.63, 3.8) is 0 Å². The topological polar surface area (TPSA) is 87.3 Å². The lowest BCUT2D eigenvalue weighted by Gasteiger charge is -2.23. The average molecular weight is 337 g/mol. The molecular formula is C16H23N3O3S. The number of sulfonamides is 1. The Kier molecular flexibility index (Phi) is 4.99. The van der Waals surface area contributed by atoms with Crippen molar-refractivity contribution in [2.75, 3.05) is 19.6 Å². The maximum Gasteiger partial charge on any atom is 0.251 e. The molecule has 1 saturated carbocycles. The molecule has 0 bridgehead atoms. The Labute approximate surface area is 137 Å². The normalized spacial score (nSPS) is 19.5. The zero-order valence-electron chi connectivity index (χ0n) is 13.0. The minimum absolute atomic E-state index is 0.149. The molecule has 1 amide bonds. The second kappa shape index (κ2) is 6.98. The summed E-state index contributed by atoms with van der Waals surface area (Å²) in [4.78, 5) is 12.5. The predicted molar refractivity (Wildman–Crippen MR) is 87.7 cm³/mol. The number of hydrogen-bond donors (Lipinski definition) is 3. The van der Waals surface area contributed by atoms with Gasteiger partial charge in [0.05, 0.1) is 4.90 Å². The lowest BCUT2D eigenvalue weighted by atomic mass is 10.1. The van der Waals surface area contributed by atoms with Crippen molar-refractivity contribution in [2.45, 2.75) is 36.6 Å². The molecular weight excluding hydrogens is 314 g/mol. The van der Waals surface area contributed by atoms with Gasteiger partial charge in [-0.05, 0) is 62.9 Å². The van der Waals surface area contributed by atoms with Gasteiger partial charge in [-0.1, -0.05) is 6.07 Å². The van der Waals surface area contributed by atoms with Gasteiger partial charge in [0, 0.05) is 18.2 Å².